The van der Waals surface area contributed by atoms with E-state index in [-0.39, 0.29) is 11.3 Å². The molecule has 6 nitrogen and oxygen atoms in total. The van der Waals surface area contributed by atoms with Crippen LogP contribution in [0.25, 0.3) is 0 Å². The summed E-state index contributed by atoms with van der Waals surface area (Å²) in [5, 5.41) is 29.2. The van der Waals surface area contributed by atoms with Gasteiger partial charge in [-0.25, -0.2) is 4.79 Å². The highest BCUT2D eigenvalue weighted by molar-refractivity contribution is 6.06. The van der Waals surface area contributed by atoms with Crippen molar-refractivity contribution in [3.8, 4) is 11.8 Å². The maximum absolute atomic E-state index is 11.9. The maximum Gasteiger partial charge on any atom is 0.334 e. The summed E-state index contributed by atoms with van der Waals surface area (Å²) in [6.07, 6.45) is 0. The van der Waals surface area contributed by atoms with Crippen LogP contribution in [0.4, 0.5) is 0 Å². The second-order valence-corrected chi connectivity index (χ2v) is 6.75. The third-order valence-corrected chi connectivity index (χ3v) is 4.12. The quantitative estimate of drug-likeness (QED) is 0.722. The Labute approximate surface area is 151 Å². The molecule has 3 N–H and O–H groups in total. The van der Waals surface area contributed by atoms with Gasteiger partial charge in [-0.15, -0.1) is 0 Å². The van der Waals surface area contributed by atoms with E-state index in [0.717, 1.165) is 0 Å². The highest BCUT2D eigenvalue weighted by atomic mass is 16.4. The lowest BCUT2D eigenvalue weighted by molar-refractivity contribution is -0.140. The van der Waals surface area contributed by atoms with Gasteiger partial charge in [0.25, 0.3) is 0 Å². The first-order valence-corrected chi connectivity index (χ1v) is 8.09. The first-order valence-electron chi connectivity index (χ1n) is 8.09. The van der Waals surface area contributed by atoms with Gasteiger partial charge in [0.2, 0.25) is 0 Å². The van der Waals surface area contributed by atoms with E-state index >= 15 is 0 Å². The van der Waals surface area contributed by atoms with Crippen molar-refractivity contribution < 1.29 is 24.9 Å². The van der Waals surface area contributed by atoms with Crippen molar-refractivity contribution in [1.82, 2.24) is 0 Å². The molecule has 1 heterocycles. The van der Waals surface area contributed by atoms with Crippen LogP contribution >= 0.6 is 0 Å². The predicted octanol–water partition coefficient (Wildman–Crippen LogP) is 2.43. The minimum absolute atomic E-state index is 0.0551. The fraction of sp³-hybridized carbons (Fsp3) is 0.350. The highest BCUT2D eigenvalue weighted by Gasteiger charge is 2.41. The molecule has 0 fully saturated rings. The molecule has 1 aliphatic heterocycles. The summed E-state index contributed by atoms with van der Waals surface area (Å²) in [6, 6.07) is 6.79. The number of aliphatic imine (C=N–C) groups is 1. The Hall–Kier alpha value is -2.91. The van der Waals surface area contributed by atoms with E-state index in [2.05, 4.69) is 16.8 Å². The van der Waals surface area contributed by atoms with Gasteiger partial charge in [-0.3, -0.25) is 9.79 Å². The van der Waals surface area contributed by atoms with Crippen molar-refractivity contribution in [3.05, 3.63) is 46.7 Å². The molecule has 0 aliphatic carbocycles. The van der Waals surface area contributed by atoms with Gasteiger partial charge in [-0.05, 0) is 39.3 Å². The second kappa shape index (κ2) is 7.14. The van der Waals surface area contributed by atoms with Crippen molar-refractivity contribution in [2.24, 2.45) is 10.9 Å². The Kier molecular flexibility index (Phi) is 5.33. The number of aliphatic carboxylic acids is 2. The van der Waals surface area contributed by atoms with Gasteiger partial charge in [0.1, 0.15) is 11.5 Å². The number of carbonyl (C=O) groups is 2. The van der Waals surface area contributed by atoms with E-state index in [4.69, 9.17) is 0 Å². The topological polar surface area (TPSA) is 107 Å². The lowest BCUT2D eigenvalue weighted by Gasteiger charge is -2.30. The Morgan fingerprint density at radius 1 is 1.15 bits per heavy atom. The van der Waals surface area contributed by atoms with Crippen molar-refractivity contribution in [2.75, 3.05) is 0 Å². The molecule has 1 aliphatic rings. The van der Waals surface area contributed by atoms with Crippen LogP contribution in [-0.4, -0.2) is 38.6 Å². The molecule has 0 saturated heterocycles. The molecule has 0 spiro atoms. The molecule has 2 unspecified atom stereocenters. The van der Waals surface area contributed by atoms with E-state index in [0.29, 0.717) is 16.8 Å². The summed E-state index contributed by atoms with van der Waals surface area (Å²) in [7, 11) is 0. The lowest BCUT2D eigenvalue weighted by Crippen LogP contribution is -2.35. The summed E-state index contributed by atoms with van der Waals surface area (Å²) >= 11 is 0. The molecule has 0 saturated carbocycles. The smallest absolute Gasteiger partial charge is 0.334 e. The first-order chi connectivity index (χ1) is 12.0. The van der Waals surface area contributed by atoms with Gasteiger partial charge < -0.3 is 15.3 Å². The Bertz CT molecular complexity index is 877. The molecule has 26 heavy (non-hydrogen) atoms. The SMILES string of the molecule is CC1=NC(C)=C(C(=O)O)C(c2ccccc2C#CC(C)(C)O)C1C(=O)O. The largest absolute Gasteiger partial charge is 0.481 e. The zero-order chi connectivity index (χ0) is 19.6. The monoisotopic (exact) mass is 355 g/mol. The Morgan fingerprint density at radius 2 is 1.77 bits per heavy atom. The van der Waals surface area contributed by atoms with Crippen LogP contribution in [0.5, 0.6) is 0 Å². The number of benzene rings is 1. The third-order valence-electron chi connectivity index (χ3n) is 4.12. The standard InChI is InChI=1S/C20H21NO5/c1-11-15(18(22)23)17(16(19(24)25)12(2)21-11)14-8-6-5-7-13(14)9-10-20(3,4)26/h5-8,15,17,26H,1-4H3,(H,22,23)(H,24,25). The lowest BCUT2D eigenvalue weighted by atomic mass is 9.74. The number of carboxylic acids is 2. The average molecular weight is 355 g/mol. The molecule has 136 valence electrons. The summed E-state index contributed by atoms with van der Waals surface area (Å²) < 4.78 is 0. The van der Waals surface area contributed by atoms with Crippen LogP contribution in [0.2, 0.25) is 0 Å². The maximum atomic E-state index is 11.9. The number of hydrogen-bond acceptors (Lipinski definition) is 4. The third kappa shape index (κ3) is 4.01. The van der Waals surface area contributed by atoms with E-state index in [1.165, 1.54) is 13.8 Å². The molecule has 0 bridgehead atoms. The molecule has 6 heteroatoms. The van der Waals surface area contributed by atoms with Crippen LogP contribution in [0.15, 0.2) is 40.5 Å². The number of hydrogen-bond donors (Lipinski definition) is 3. The summed E-state index contributed by atoms with van der Waals surface area (Å²) in [4.78, 5) is 27.9. The minimum atomic E-state index is -1.23. The normalized spacial score (nSPS) is 20.1. The molecule has 2 atom stereocenters. The summed E-state index contributed by atoms with van der Waals surface area (Å²) in [6.45, 7) is 6.21. The number of carboxylic acid groups (broad SMARTS) is 2. The molecule has 1 aromatic carbocycles. The van der Waals surface area contributed by atoms with Crippen LogP contribution in [0.1, 0.15) is 44.7 Å². The molecule has 0 radical (unpaired) electrons. The van der Waals surface area contributed by atoms with E-state index in [1.54, 1.807) is 38.1 Å². The van der Waals surface area contributed by atoms with Crippen molar-refractivity contribution in [3.63, 3.8) is 0 Å². The van der Waals surface area contributed by atoms with E-state index in [1.807, 2.05) is 0 Å². The molecule has 0 aromatic heterocycles. The fourth-order valence-electron chi connectivity index (χ4n) is 3.07. The number of aliphatic hydroxyl groups is 1. The average Bonchev–Trinajstić information content (AvgIpc) is 2.50. The number of rotatable bonds is 3. The fourth-order valence-corrected chi connectivity index (χ4v) is 3.07. The molecule has 0 amide bonds. The highest BCUT2D eigenvalue weighted by Crippen LogP contribution is 2.40. The van der Waals surface area contributed by atoms with Crippen LogP contribution in [0.3, 0.4) is 0 Å². The van der Waals surface area contributed by atoms with Crippen molar-refractivity contribution in [1.29, 1.82) is 0 Å². The number of allylic oxidation sites excluding steroid dienone is 1. The van der Waals surface area contributed by atoms with Gasteiger partial charge in [0, 0.05) is 22.9 Å². The zero-order valence-corrected chi connectivity index (χ0v) is 15.1. The minimum Gasteiger partial charge on any atom is -0.481 e. The molecular weight excluding hydrogens is 334 g/mol. The molecule has 2 rings (SSSR count). The summed E-state index contributed by atoms with van der Waals surface area (Å²) in [5.41, 5.74) is 0.304. The van der Waals surface area contributed by atoms with Gasteiger partial charge in [0.05, 0.1) is 5.57 Å². The van der Waals surface area contributed by atoms with Gasteiger partial charge in [0.15, 0.2) is 0 Å². The number of nitrogens with zero attached hydrogens (tertiary/aromatic N) is 1. The van der Waals surface area contributed by atoms with Crippen molar-refractivity contribution in [2.45, 2.75) is 39.2 Å². The Morgan fingerprint density at radius 3 is 2.31 bits per heavy atom. The van der Waals surface area contributed by atoms with E-state index in [9.17, 15) is 24.9 Å². The first kappa shape index (κ1) is 19.4. The van der Waals surface area contributed by atoms with Crippen LogP contribution in [-0.2, 0) is 9.59 Å². The molecular formula is C20H21NO5. The van der Waals surface area contributed by atoms with Gasteiger partial charge in [-0.2, -0.15) is 0 Å². The van der Waals surface area contributed by atoms with Gasteiger partial charge in [-0.1, -0.05) is 30.0 Å². The predicted molar refractivity (Wildman–Crippen MR) is 96.9 cm³/mol. The van der Waals surface area contributed by atoms with Gasteiger partial charge >= 0.3 is 11.9 Å². The van der Waals surface area contributed by atoms with E-state index < -0.39 is 29.4 Å². The second-order valence-electron chi connectivity index (χ2n) is 6.75. The van der Waals surface area contributed by atoms with Crippen LogP contribution in [0, 0.1) is 17.8 Å². The summed E-state index contributed by atoms with van der Waals surface area (Å²) in [5.74, 6) is 1.17. The van der Waals surface area contributed by atoms with Crippen molar-refractivity contribution >= 4 is 17.7 Å². The Balaban J connectivity index is 2.74. The molecule has 1 aromatic rings. The zero-order valence-electron chi connectivity index (χ0n) is 15.1. The van der Waals surface area contributed by atoms with Crippen LogP contribution < -0.4 is 0 Å².